The van der Waals surface area contributed by atoms with Crippen molar-refractivity contribution < 1.29 is 24.2 Å². The largest absolute Gasteiger partial charge is 0.506 e. The zero-order valence-electron chi connectivity index (χ0n) is 20.1. The Kier molecular flexibility index (Phi) is 16.1. The Balaban J connectivity index is 0.00000648. The number of carbonyl (C=O) groups is 2. The maximum absolute atomic E-state index is 12.7. The van der Waals surface area contributed by atoms with Crippen molar-refractivity contribution in [3.63, 3.8) is 0 Å². The number of esters is 1. The van der Waals surface area contributed by atoms with Gasteiger partial charge in [-0.05, 0) is 140 Å². The van der Waals surface area contributed by atoms with Gasteiger partial charge in [0, 0.05) is 19.9 Å². The number of hydrogen-bond acceptors (Lipinski definition) is 6. The standard InChI is InChI=1S/C24H28I4N2O5.ClH/c1-4-30(5-2)7-6-8-34-24(33)21(29-14(3)31)11-15-9-19(27)23(20(28)10-15)35-16-12-17(25)22(32)18(26)13-16;/h9-10,12-13,21,32H,4-8,11H2,1-3H3,(H,29,31);1H/t21-;/m0./s1. The molecule has 2 aromatic carbocycles. The second kappa shape index (κ2) is 17.0. The SMILES string of the molecule is CCN(CC)CCCOC(=O)[C@H](Cc1cc(I)c(Oc2cc(I)c(O)c(I)c2)c(I)c1)NC(C)=O.Cl. The summed E-state index contributed by atoms with van der Waals surface area (Å²) in [5.74, 6) is 0.850. The number of nitrogens with zero attached hydrogens (tertiary/aromatic N) is 1. The summed E-state index contributed by atoms with van der Waals surface area (Å²) in [6.07, 6.45) is 1.06. The first-order chi connectivity index (χ1) is 16.5. The minimum atomic E-state index is -0.764. The zero-order chi connectivity index (χ0) is 26.1. The molecule has 0 spiro atoms. The summed E-state index contributed by atoms with van der Waals surface area (Å²) in [6, 6.07) is 6.68. The van der Waals surface area contributed by atoms with E-state index in [1.165, 1.54) is 6.92 Å². The second-order valence-electron chi connectivity index (χ2n) is 7.73. The van der Waals surface area contributed by atoms with Gasteiger partial charge in [-0.25, -0.2) is 4.79 Å². The van der Waals surface area contributed by atoms with Crippen LogP contribution in [0.25, 0.3) is 0 Å². The van der Waals surface area contributed by atoms with E-state index in [4.69, 9.17) is 9.47 Å². The van der Waals surface area contributed by atoms with E-state index in [1.54, 1.807) is 12.1 Å². The first kappa shape index (κ1) is 34.2. The zero-order valence-corrected chi connectivity index (χ0v) is 29.5. The minimum absolute atomic E-state index is 0. The second-order valence-corrected chi connectivity index (χ2v) is 12.4. The molecule has 0 aliphatic rings. The number of rotatable bonds is 12. The van der Waals surface area contributed by atoms with Crippen LogP contribution in [-0.2, 0) is 20.7 Å². The Bertz CT molecular complexity index is 1010. The number of halogens is 5. The van der Waals surface area contributed by atoms with E-state index in [-0.39, 0.29) is 24.1 Å². The van der Waals surface area contributed by atoms with Crippen LogP contribution in [0.5, 0.6) is 17.2 Å². The summed E-state index contributed by atoms with van der Waals surface area (Å²) in [7, 11) is 0. The van der Waals surface area contributed by atoms with Crippen LogP contribution in [0, 0.1) is 14.3 Å². The predicted octanol–water partition coefficient (Wildman–Crippen LogP) is 6.35. The Hall–Kier alpha value is 0.150. The van der Waals surface area contributed by atoms with Gasteiger partial charge in [-0.1, -0.05) is 13.8 Å². The summed E-state index contributed by atoms with van der Waals surface area (Å²) < 4.78 is 14.8. The van der Waals surface area contributed by atoms with Crippen LogP contribution >= 0.6 is 103 Å². The van der Waals surface area contributed by atoms with Crippen LogP contribution < -0.4 is 10.1 Å². The third-order valence-corrected chi connectivity index (χ3v) is 8.37. The van der Waals surface area contributed by atoms with Crippen LogP contribution in [0.15, 0.2) is 24.3 Å². The Labute approximate surface area is 273 Å². The van der Waals surface area contributed by atoms with Gasteiger partial charge in [-0.15, -0.1) is 12.4 Å². The van der Waals surface area contributed by atoms with Crippen molar-refractivity contribution in [2.75, 3.05) is 26.2 Å². The molecule has 2 rings (SSSR count). The van der Waals surface area contributed by atoms with Crippen LogP contribution in [0.4, 0.5) is 0 Å². The highest BCUT2D eigenvalue weighted by atomic mass is 127. The average Bonchev–Trinajstić information content (AvgIpc) is 2.79. The van der Waals surface area contributed by atoms with Gasteiger partial charge < -0.3 is 24.8 Å². The number of carbonyl (C=O) groups excluding carboxylic acids is 2. The molecule has 0 aromatic heterocycles. The quantitative estimate of drug-likeness (QED) is 0.147. The molecule has 1 amide bonds. The van der Waals surface area contributed by atoms with Crippen molar-refractivity contribution in [2.24, 2.45) is 0 Å². The van der Waals surface area contributed by atoms with E-state index in [9.17, 15) is 14.7 Å². The molecule has 0 aliphatic heterocycles. The highest BCUT2D eigenvalue weighted by Crippen LogP contribution is 2.37. The van der Waals surface area contributed by atoms with Crippen LogP contribution in [0.1, 0.15) is 32.8 Å². The van der Waals surface area contributed by atoms with Crippen molar-refractivity contribution >= 4 is 115 Å². The molecule has 0 saturated carbocycles. The molecule has 1 atom stereocenters. The Morgan fingerprint density at radius 1 is 1.00 bits per heavy atom. The molecule has 0 bridgehead atoms. The third kappa shape index (κ3) is 10.7. The number of hydrogen-bond donors (Lipinski definition) is 2. The summed E-state index contributed by atoms with van der Waals surface area (Å²) >= 11 is 8.54. The number of phenols is 1. The molecule has 0 aliphatic carbocycles. The maximum atomic E-state index is 12.7. The van der Waals surface area contributed by atoms with Crippen molar-refractivity contribution in [1.82, 2.24) is 10.2 Å². The van der Waals surface area contributed by atoms with Crippen LogP contribution in [-0.4, -0.2) is 54.2 Å². The lowest BCUT2D eigenvalue weighted by molar-refractivity contribution is -0.147. The molecular formula is C24H29ClI4N2O5. The highest BCUT2D eigenvalue weighted by molar-refractivity contribution is 14.1. The van der Waals surface area contributed by atoms with Gasteiger partial charge in [0.1, 0.15) is 17.5 Å². The smallest absolute Gasteiger partial charge is 0.328 e. The van der Waals surface area contributed by atoms with Gasteiger partial charge in [0.25, 0.3) is 0 Å². The molecule has 0 radical (unpaired) electrons. The van der Waals surface area contributed by atoms with Crippen molar-refractivity contribution in [1.29, 1.82) is 0 Å². The molecule has 0 saturated heterocycles. The molecule has 0 heterocycles. The number of benzene rings is 2. The minimum Gasteiger partial charge on any atom is -0.506 e. The summed E-state index contributed by atoms with van der Waals surface area (Å²) in [4.78, 5) is 26.8. The molecule has 0 fully saturated rings. The maximum Gasteiger partial charge on any atom is 0.328 e. The summed E-state index contributed by atoms with van der Waals surface area (Å²) in [5.41, 5.74) is 0.889. The summed E-state index contributed by atoms with van der Waals surface area (Å²) in [6.45, 7) is 8.70. The first-order valence-corrected chi connectivity index (χ1v) is 15.4. The van der Waals surface area contributed by atoms with Gasteiger partial charge in [0.05, 0.1) is 20.9 Å². The lowest BCUT2D eigenvalue weighted by Crippen LogP contribution is -2.42. The molecular weight excluding hydrogens is 939 g/mol. The fraction of sp³-hybridized carbons (Fsp3) is 0.417. The Morgan fingerprint density at radius 2 is 1.56 bits per heavy atom. The number of amides is 1. The van der Waals surface area contributed by atoms with E-state index < -0.39 is 12.0 Å². The van der Waals surface area contributed by atoms with E-state index in [1.807, 2.05) is 12.1 Å². The fourth-order valence-corrected chi connectivity index (χ4v) is 7.15. The van der Waals surface area contributed by atoms with Crippen LogP contribution in [0.2, 0.25) is 0 Å². The molecule has 12 heteroatoms. The van der Waals surface area contributed by atoms with Gasteiger partial charge >= 0.3 is 5.97 Å². The topological polar surface area (TPSA) is 88.1 Å². The molecule has 36 heavy (non-hydrogen) atoms. The molecule has 7 nitrogen and oxygen atoms in total. The van der Waals surface area contributed by atoms with Crippen LogP contribution in [0.3, 0.4) is 0 Å². The molecule has 0 unspecified atom stereocenters. The lowest BCUT2D eigenvalue weighted by Gasteiger charge is -2.20. The van der Waals surface area contributed by atoms with Gasteiger partial charge in [-0.3, -0.25) is 4.79 Å². The van der Waals surface area contributed by atoms with Crippen molar-refractivity contribution in [3.05, 3.63) is 44.1 Å². The summed E-state index contributed by atoms with van der Waals surface area (Å²) in [5, 5.41) is 12.7. The number of aromatic hydroxyl groups is 1. The van der Waals surface area contributed by atoms with E-state index >= 15 is 0 Å². The fourth-order valence-electron chi connectivity index (χ4n) is 3.32. The molecule has 200 valence electrons. The monoisotopic (exact) mass is 968 g/mol. The first-order valence-electron chi connectivity index (χ1n) is 11.1. The third-order valence-electron chi connectivity index (χ3n) is 5.13. The normalized spacial score (nSPS) is 11.6. The number of ether oxygens (including phenoxy) is 2. The van der Waals surface area contributed by atoms with Gasteiger partial charge in [0.2, 0.25) is 5.91 Å². The number of phenolic OH excluding ortho intramolecular Hbond substituents is 1. The van der Waals surface area contributed by atoms with E-state index in [0.717, 1.165) is 38.8 Å². The molecule has 2 N–H and O–H groups in total. The Morgan fingerprint density at radius 3 is 2.06 bits per heavy atom. The van der Waals surface area contributed by atoms with Gasteiger partial charge in [0.15, 0.2) is 5.75 Å². The van der Waals surface area contributed by atoms with Crippen molar-refractivity contribution in [2.45, 2.75) is 39.7 Å². The number of nitrogens with one attached hydrogen (secondary N) is 1. The van der Waals surface area contributed by atoms with E-state index in [2.05, 4.69) is 114 Å². The lowest BCUT2D eigenvalue weighted by atomic mass is 10.1. The van der Waals surface area contributed by atoms with Gasteiger partial charge in [-0.2, -0.15) is 0 Å². The van der Waals surface area contributed by atoms with E-state index in [0.29, 0.717) is 31.7 Å². The predicted molar refractivity (Wildman–Crippen MR) is 177 cm³/mol. The molecule has 2 aromatic rings. The average molecular weight is 969 g/mol. The van der Waals surface area contributed by atoms with Crippen molar-refractivity contribution in [3.8, 4) is 17.2 Å². The highest BCUT2D eigenvalue weighted by Gasteiger charge is 2.23.